The number of furan rings is 2. The van der Waals surface area contributed by atoms with Gasteiger partial charge in [-0.2, -0.15) is 0 Å². The molecule has 0 atom stereocenters. The zero-order chi connectivity index (χ0) is 50.0. The van der Waals surface area contributed by atoms with E-state index < -0.39 is 0 Å². The predicted octanol–water partition coefficient (Wildman–Crippen LogP) is 17.5. The number of nitrogens with zero attached hydrogens (tertiary/aromatic N) is 2. The number of fused-ring (bicyclic) bond motifs is 15. The Balaban J connectivity index is 1.19. The molecular formula is C67H69BN2O2. The number of para-hydroxylation sites is 2. The van der Waals surface area contributed by atoms with Crippen molar-refractivity contribution in [1.82, 2.24) is 0 Å². The minimum Gasteiger partial charge on any atom is -0.456 e. The average Bonchev–Trinajstić information content (AvgIpc) is 3.91. The van der Waals surface area contributed by atoms with Crippen molar-refractivity contribution in [3.05, 3.63) is 148 Å². The molecule has 0 bridgehead atoms. The molecular weight excluding hydrogens is 876 g/mol. The second-order valence-corrected chi connectivity index (χ2v) is 26.9. The van der Waals surface area contributed by atoms with Gasteiger partial charge in [0, 0.05) is 67.1 Å². The second-order valence-electron chi connectivity index (χ2n) is 26.9. The van der Waals surface area contributed by atoms with E-state index in [-0.39, 0.29) is 39.3 Å². The lowest BCUT2D eigenvalue weighted by atomic mass is 9.42. The van der Waals surface area contributed by atoms with Crippen LogP contribution in [0, 0.1) is 6.92 Å². The van der Waals surface area contributed by atoms with Crippen LogP contribution in [0.1, 0.15) is 161 Å². The average molecular weight is 945 g/mol. The summed E-state index contributed by atoms with van der Waals surface area (Å²) in [6.45, 7) is 31.7. The molecule has 362 valence electrons. The first kappa shape index (κ1) is 44.5. The fourth-order valence-electron chi connectivity index (χ4n) is 14.8. The van der Waals surface area contributed by atoms with Crippen LogP contribution in [-0.2, 0) is 32.5 Å². The van der Waals surface area contributed by atoms with Crippen molar-refractivity contribution in [2.75, 3.05) is 9.71 Å². The molecule has 0 amide bonds. The van der Waals surface area contributed by atoms with E-state index in [2.05, 4.69) is 209 Å². The van der Waals surface area contributed by atoms with Gasteiger partial charge in [0.05, 0.1) is 0 Å². The van der Waals surface area contributed by atoms with Crippen LogP contribution in [0.15, 0.2) is 118 Å². The molecule has 0 saturated carbocycles. The van der Waals surface area contributed by atoms with E-state index in [9.17, 15) is 0 Å². The first-order chi connectivity index (χ1) is 34.1. The summed E-state index contributed by atoms with van der Waals surface area (Å²) in [7, 11) is 0. The highest BCUT2D eigenvalue weighted by Gasteiger charge is 2.51. The summed E-state index contributed by atoms with van der Waals surface area (Å²) in [5.41, 5.74) is 25.1. The van der Waals surface area contributed by atoms with E-state index in [1.54, 1.807) is 0 Å². The molecule has 2 aliphatic heterocycles. The second kappa shape index (κ2) is 14.1. The maximum absolute atomic E-state index is 7.37. The molecule has 7 aromatic carbocycles. The van der Waals surface area contributed by atoms with Gasteiger partial charge in [-0.3, -0.25) is 0 Å². The van der Waals surface area contributed by atoms with Crippen molar-refractivity contribution in [3.8, 4) is 11.1 Å². The van der Waals surface area contributed by atoms with Crippen LogP contribution in [0.4, 0.5) is 28.4 Å². The van der Waals surface area contributed by atoms with Crippen LogP contribution < -0.4 is 20.6 Å². The van der Waals surface area contributed by atoms with Crippen LogP contribution >= 0.6 is 0 Å². The molecule has 0 spiro atoms. The highest BCUT2D eigenvalue weighted by Crippen LogP contribution is 2.58. The SMILES string of the molecule is Cc1cc2c(cc1N1c3cc4oc5ccccc5c4c4c3B(c3c1ccc1c3oc3ccccc31)N(c1ccc3c(c1)C(C)(C)CCC3(C)C)c1cc3c(cc1-4)C(C)(C)CCC3(C)C)C(C)(C)CCC2(C)C. The van der Waals surface area contributed by atoms with Crippen molar-refractivity contribution < 1.29 is 8.83 Å². The molecule has 2 aromatic heterocycles. The lowest BCUT2D eigenvalue weighted by Crippen LogP contribution is -2.62. The highest BCUT2D eigenvalue weighted by atomic mass is 16.3. The van der Waals surface area contributed by atoms with E-state index in [1.807, 2.05) is 0 Å². The van der Waals surface area contributed by atoms with E-state index in [0.29, 0.717) is 0 Å². The summed E-state index contributed by atoms with van der Waals surface area (Å²) in [5.74, 6) is 0. The largest absolute Gasteiger partial charge is 0.456 e. The van der Waals surface area contributed by atoms with Crippen LogP contribution in [0.25, 0.3) is 55.0 Å². The first-order valence-corrected chi connectivity index (χ1v) is 27.1. The third kappa shape index (κ3) is 5.88. The topological polar surface area (TPSA) is 32.8 Å². The van der Waals surface area contributed by atoms with Gasteiger partial charge in [0.2, 0.25) is 0 Å². The van der Waals surface area contributed by atoms with Gasteiger partial charge < -0.3 is 18.5 Å². The molecule has 0 N–H and O–H groups in total. The smallest absolute Gasteiger partial charge is 0.336 e. The fraction of sp³-hybridized carbons (Fsp3) is 0.373. The maximum Gasteiger partial charge on any atom is 0.336 e. The summed E-state index contributed by atoms with van der Waals surface area (Å²) < 4.78 is 14.5. The molecule has 0 radical (unpaired) electrons. The van der Waals surface area contributed by atoms with Crippen molar-refractivity contribution in [3.63, 3.8) is 0 Å². The lowest BCUT2D eigenvalue weighted by Gasteiger charge is -2.49. The Morgan fingerprint density at radius 3 is 1.58 bits per heavy atom. The van der Waals surface area contributed by atoms with E-state index in [1.165, 1.54) is 102 Å². The van der Waals surface area contributed by atoms with Crippen molar-refractivity contribution in [2.45, 2.75) is 161 Å². The van der Waals surface area contributed by atoms with Crippen LogP contribution in [0.2, 0.25) is 0 Å². The van der Waals surface area contributed by atoms with Crippen molar-refractivity contribution >= 4 is 90.1 Å². The van der Waals surface area contributed by atoms with Crippen molar-refractivity contribution in [1.29, 1.82) is 0 Å². The molecule has 9 aromatic rings. The van der Waals surface area contributed by atoms with Gasteiger partial charge in [-0.1, -0.05) is 132 Å². The standard InChI is InChI=1S/C67H69BN2O2/c1-38-32-45-48(66(10,11)30-28-63(45,4)5)35-51(38)69-50-25-23-41-40-18-14-16-20-54(40)72-61(41)60(50)68-59-53(69)37-56-57(42-19-15-17-21-55(42)71-56)58(59)43-34-47-49(67(12,13)31-29-65(47,8)9)36-52(43)70(68)39-22-24-44-46(33-39)64(6,7)27-26-62(44,2)3/h14-25,32-37H,26-31H2,1-13H3. The van der Waals surface area contributed by atoms with E-state index in [4.69, 9.17) is 8.83 Å². The quantitative estimate of drug-likeness (QED) is 0.162. The summed E-state index contributed by atoms with van der Waals surface area (Å²) in [6.07, 6.45) is 6.92. The molecule has 3 aliphatic carbocycles. The predicted molar refractivity (Wildman–Crippen MR) is 305 cm³/mol. The summed E-state index contributed by atoms with van der Waals surface area (Å²) in [5, 5.41) is 4.66. The summed E-state index contributed by atoms with van der Waals surface area (Å²) in [4.78, 5) is 5.41. The minimum atomic E-state index is -0.250. The monoisotopic (exact) mass is 945 g/mol. The summed E-state index contributed by atoms with van der Waals surface area (Å²) in [6, 6.07) is 42.6. The highest BCUT2D eigenvalue weighted by molar-refractivity contribution is 6.95. The van der Waals surface area contributed by atoms with Gasteiger partial charge >= 0.3 is 6.85 Å². The van der Waals surface area contributed by atoms with Crippen LogP contribution in [-0.4, -0.2) is 6.85 Å². The summed E-state index contributed by atoms with van der Waals surface area (Å²) >= 11 is 0. The van der Waals surface area contributed by atoms with Crippen LogP contribution in [0.5, 0.6) is 0 Å². The third-order valence-corrected chi connectivity index (χ3v) is 19.6. The Hall–Kier alpha value is -6.20. The molecule has 4 heterocycles. The van der Waals surface area contributed by atoms with Gasteiger partial charge in [0.15, 0.2) is 0 Å². The lowest BCUT2D eigenvalue weighted by molar-refractivity contribution is 0.332. The van der Waals surface area contributed by atoms with Gasteiger partial charge in [0.25, 0.3) is 0 Å². The van der Waals surface area contributed by atoms with E-state index in [0.717, 1.165) is 69.9 Å². The fourth-order valence-corrected chi connectivity index (χ4v) is 14.8. The zero-order valence-electron chi connectivity index (χ0n) is 44.9. The Bertz CT molecular complexity index is 3870. The van der Waals surface area contributed by atoms with Gasteiger partial charge in [-0.25, -0.2) is 0 Å². The van der Waals surface area contributed by atoms with Gasteiger partial charge in [0.1, 0.15) is 22.3 Å². The molecule has 4 nitrogen and oxygen atoms in total. The normalized spacial score (nSPS) is 20.3. The number of aryl methyl sites for hydroxylation is 1. The van der Waals surface area contributed by atoms with Gasteiger partial charge in [-0.15, -0.1) is 0 Å². The number of hydrogen-bond acceptors (Lipinski definition) is 4. The Labute approximate surface area is 426 Å². The Morgan fingerprint density at radius 2 is 0.944 bits per heavy atom. The number of rotatable bonds is 2. The molecule has 72 heavy (non-hydrogen) atoms. The Morgan fingerprint density at radius 1 is 0.417 bits per heavy atom. The minimum absolute atomic E-state index is 0.00466. The number of anilines is 5. The number of benzene rings is 7. The zero-order valence-corrected chi connectivity index (χ0v) is 44.9. The molecule has 5 heteroatoms. The molecule has 0 unspecified atom stereocenters. The number of hydrogen-bond donors (Lipinski definition) is 0. The van der Waals surface area contributed by atoms with Crippen molar-refractivity contribution in [2.24, 2.45) is 0 Å². The third-order valence-electron chi connectivity index (χ3n) is 19.6. The van der Waals surface area contributed by atoms with Crippen LogP contribution in [0.3, 0.4) is 0 Å². The molecule has 0 fully saturated rings. The van der Waals surface area contributed by atoms with Gasteiger partial charge in [-0.05, 0) is 183 Å². The first-order valence-electron chi connectivity index (χ1n) is 27.1. The molecule has 0 saturated heterocycles. The van der Waals surface area contributed by atoms with E-state index >= 15 is 0 Å². The maximum atomic E-state index is 7.37. The Kier molecular flexibility index (Phi) is 8.71. The molecule has 5 aliphatic rings. The molecule has 14 rings (SSSR count).